The van der Waals surface area contributed by atoms with E-state index in [-0.39, 0.29) is 5.91 Å². The highest BCUT2D eigenvalue weighted by Gasteiger charge is 2.23. The van der Waals surface area contributed by atoms with Crippen molar-refractivity contribution in [1.29, 1.82) is 0 Å². The number of benzene rings is 2. The molecule has 2 aromatic carbocycles. The van der Waals surface area contributed by atoms with Gasteiger partial charge < -0.3 is 9.64 Å². The van der Waals surface area contributed by atoms with Crippen molar-refractivity contribution in [1.82, 2.24) is 9.47 Å². The van der Waals surface area contributed by atoms with Crippen molar-refractivity contribution in [2.75, 3.05) is 20.7 Å². The topological polar surface area (TPSA) is 34.5 Å². The highest BCUT2D eigenvalue weighted by molar-refractivity contribution is 6.03. The molecule has 0 spiro atoms. The largest absolute Gasteiger partial charge is 0.497 e. The quantitative estimate of drug-likeness (QED) is 0.715. The van der Waals surface area contributed by atoms with E-state index in [4.69, 9.17) is 4.74 Å². The minimum Gasteiger partial charge on any atom is -0.497 e. The van der Waals surface area contributed by atoms with Crippen molar-refractivity contribution in [3.63, 3.8) is 0 Å². The van der Waals surface area contributed by atoms with Crippen LogP contribution in [0.25, 0.3) is 10.9 Å². The van der Waals surface area contributed by atoms with Gasteiger partial charge >= 0.3 is 0 Å². The molecule has 0 unspecified atom stereocenters. The zero-order valence-electron chi connectivity index (χ0n) is 15.3. The normalized spacial score (nSPS) is 17.7. The Morgan fingerprint density at radius 3 is 2.62 bits per heavy atom. The van der Waals surface area contributed by atoms with E-state index in [9.17, 15) is 4.79 Å². The van der Waals surface area contributed by atoms with Crippen LogP contribution in [0.1, 0.15) is 28.8 Å². The van der Waals surface area contributed by atoms with Crippen molar-refractivity contribution in [3.8, 4) is 5.75 Å². The van der Waals surface area contributed by atoms with E-state index in [1.807, 2.05) is 48.7 Å². The van der Waals surface area contributed by atoms with Crippen LogP contribution in [0, 0.1) is 0 Å². The molecular weight excluding hydrogens is 324 g/mol. The van der Waals surface area contributed by atoms with Crippen LogP contribution < -0.4 is 4.74 Å². The fraction of sp³-hybridized carbons (Fsp3) is 0.318. The number of rotatable bonds is 4. The SMILES string of the molecule is COc1ccc(C(=O)n2cc(C[C@H]3CCCN3C)c3ccccc32)cc1. The molecule has 3 aromatic rings. The number of carbonyl (C=O) groups excluding carboxylic acids is 1. The van der Waals surface area contributed by atoms with Gasteiger partial charge in [0.25, 0.3) is 5.91 Å². The Labute approximate surface area is 154 Å². The molecule has 2 heterocycles. The van der Waals surface area contributed by atoms with Crippen LogP contribution in [0.2, 0.25) is 0 Å². The lowest BCUT2D eigenvalue weighted by atomic mass is 10.0. The Balaban J connectivity index is 1.71. The van der Waals surface area contributed by atoms with Crippen molar-refractivity contribution >= 4 is 16.8 Å². The molecule has 0 aliphatic carbocycles. The summed E-state index contributed by atoms with van der Waals surface area (Å²) in [7, 11) is 3.82. The second-order valence-corrected chi connectivity index (χ2v) is 7.06. The van der Waals surface area contributed by atoms with Crippen molar-refractivity contribution in [2.45, 2.75) is 25.3 Å². The Morgan fingerprint density at radius 1 is 1.15 bits per heavy atom. The molecule has 1 atom stereocenters. The van der Waals surface area contributed by atoms with Gasteiger partial charge in [0.2, 0.25) is 0 Å². The standard InChI is InChI=1S/C22H24N2O2/c1-23-13-5-6-18(23)14-17-15-24(21-8-4-3-7-20(17)21)22(25)16-9-11-19(26-2)12-10-16/h3-4,7-12,15,18H,5-6,13-14H2,1-2H3/t18-/m1/s1. The van der Waals surface area contributed by atoms with Gasteiger partial charge in [0.1, 0.15) is 5.75 Å². The van der Waals surface area contributed by atoms with Crippen LogP contribution in [-0.2, 0) is 6.42 Å². The van der Waals surface area contributed by atoms with Gasteiger partial charge in [-0.3, -0.25) is 9.36 Å². The number of aromatic nitrogens is 1. The lowest BCUT2D eigenvalue weighted by molar-refractivity contribution is 0.0964. The van der Waals surface area contributed by atoms with Crippen LogP contribution in [0.3, 0.4) is 0 Å². The van der Waals surface area contributed by atoms with E-state index in [0.717, 1.165) is 24.2 Å². The monoisotopic (exact) mass is 348 g/mol. The van der Waals surface area contributed by atoms with Gasteiger partial charge in [-0.25, -0.2) is 0 Å². The summed E-state index contributed by atoms with van der Waals surface area (Å²) in [6.45, 7) is 1.16. The van der Waals surface area contributed by atoms with E-state index >= 15 is 0 Å². The molecule has 134 valence electrons. The number of carbonyl (C=O) groups is 1. The van der Waals surface area contributed by atoms with Gasteiger partial charge in [0.05, 0.1) is 12.6 Å². The van der Waals surface area contributed by atoms with Crippen molar-refractivity contribution in [2.24, 2.45) is 0 Å². The molecule has 4 nitrogen and oxygen atoms in total. The summed E-state index contributed by atoms with van der Waals surface area (Å²) in [5.41, 5.74) is 2.89. The number of likely N-dealkylation sites (tertiary alicyclic amines) is 1. The van der Waals surface area contributed by atoms with Gasteiger partial charge in [-0.05, 0) is 68.8 Å². The fourth-order valence-electron chi connectivity index (χ4n) is 3.94. The van der Waals surface area contributed by atoms with Crippen LogP contribution in [0.5, 0.6) is 5.75 Å². The van der Waals surface area contributed by atoms with Crippen LogP contribution in [-0.4, -0.2) is 42.1 Å². The van der Waals surface area contributed by atoms with Gasteiger partial charge in [0, 0.05) is 23.2 Å². The van der Waals surface area contributed by atoms with Crippen molar-refractivity contribution in [3.05, 3.63) is 65.9 Å². The first-order valence-electron chi connectivity index (χ1n) is 9.15. The molecule has 0 N–H and O–H groups in total. The molecule has 26 heavy (non-hydrogen) atoms. The molecule has 0 bridgehead atoms. The summed E-state index contributed by atoms with van der Waals surface area (Å²) in [5.74, 6) is 0.749. The van der Waals surface area contributed by atoms with Crippen LogP contribution in [0.4, 0.5) is 0 Å². The lowest BCUT2D eigenvalue weighted by Gasteiger charge is -2.18. The Morgan fingerprint density at radius 2 is 1.92 bits per heavy atom. The van der Waals surface area contributed by atoms with E-state index in [0.29, 0.717) is 11.6 Å². The number of nitrogens with zero attached hydrogens (tertiary/aromatic N) is 2. The minimum absolute atomic E-state index is 0.00474. The summed E-state index contributed by atoms with van der Waals surface area (Å²) >= 11 is 0. The average Bonchev–Trinajstić information content (AvgIpc) is 3.26. The van der Waals surface area contributed by atoms with Gasteiger partial charge in [-0.1, -0.05) is 18.2 Å². The predicted octanol–water partition coefficient (Wildman–Crippen LogP) is 3.98. The molecule has 1 fully saturated rings. The summed E-state index contributed by atoms with van der Waals surface area (Å²) in [6, 6.07) is 16.0. The number of fused-ring (bicyclic) bond motifs is 1. The smallest absolute Gasteiger partial charge is 0.262 e. The molecule has 1 aromatic heterocycles. The first kappa shape index (κ1) is 16.9. The maximum atomic E-state index is 13.1. The highest BCUT2D eigenvalue weighted by atomic mass is 16.5. The zero-order valence-corrected chi connectivity index (χ0v) is 15.3. The number of hydrogen-bond acceptors (Lipinski definition) is 3. The summed E-state index contributed by atoms with van der Waals surface area (Å²) < 4.78 is 6.98. The van der Waals surface area contributed by atoms with E-state index in [1.165, 1.54) is 23.8 Å². The molecule has 4 rings (SSSR count). The van der Waals surface area contributed by atoms with E-state index in [1.54, 1.807) is 11.7 Å². The molecular formula is C22H24N2O2. The van der Waals surface area contributed by atoms with Gasteiger partial charge in [-0.15, -0.1) is 0 Å². The second kappa shape index (κ2) is 6.96. The lowest BCUT2D eigenvalue weighted by Crippen LogP contribution is -2.26. The summed E-state index contributed by atoms with van der Waals surface area (Å²) in [5, 5.41) is 1.18. The molecule has 0 amide bonds. The molecule has 0 radical (unpaired) electrons. The number of ether oxygens (including phenoxy) is 1. The maximum absolute atomic E-state index is 13.1. The zero-order chi connectivity index (χ0) is 18.1. The van der Waals surface area contributed by atoms with E-state index < -0.39 is 0 Å². The molecule has 1 saturated heterocycles. The Kier molecular flexibility index (Phi) is 4.51. The number of likely N-dealkylation sites (N-methyl/N-ethyl adjacent to an activating group) is 1. The second-order valence-electron chi connectivity index (χ2n) is 7.06. The third kappa shape index (κ3) is 3.01. The summed E-state index contributed by atoms with van der Waals surface area (Å²) in [4.78, 5) is 15.5. The number of para-hydroxylation sites is 1. The molecule has 1 aliphatic heterocycles. The van der Waals surface area contributed by atoms with Gasteiger partial charge in [0.15, 0.2) is 0 Å². The molecule has 0 saturated carbocycles. The number of methoxy groups -OCH3 is 1. The Hall–Kier alpha value is -2.59. The average molecular weight is 348 g/mol. The summed E-state index contributed by atoms with van der Waals surface area (Å²) in [6.07, 6.45) is 5.50. The third-order valence-electron chi connectivity index (χ3n) is 5.48. The first-order valence-corrected chi connectivity index (χ1v) is 9.15. The fourth-order valence-corrected chi connectivity index (χ4v) is 3.94. The highest BCUT2D eigenvalue weighted by Crippen LogP contribution is 2.27. The maximum Gasteiger partial charge on any atom is 0.262 e. The van der Waals surface area contributed by atoms with E-state index in [2.05, 4.69) is 18.0 Å². The molecule has 4 heteroatoms. The number of hydrogen-bond donors (Lipinski definition) is 0. The minimum atomic E-state index is -0.00474. The predicted molar refractivity (Wildman–Crippen MR) is 104 cm³/mol. The Bertz CT molecular complexity index is 927. The third-order valence-corrected chi connectivity index (χ3v) is 5.48. The van der Waals surface area contributed by atoms with Crippen molar-refractivity contribution < 1.29 is 9.53 Å². The molecule has 1 aliphatic rings. The first-order chi connectivity index (χ1) is 12.7. The van der Waals surface area contributed by atoms with Crippen LogP contribution >= 0.6 is 0 Å². The van der Waals surface area contributed by atoms with Crippen LogP contribution in [0.15, 0.2) is 54.7 Å². The van der Waals surface area contributed by atoms with Gasteiger partial charge in [-0.2, -0.15) is 0 Å².